The van der Waals surface area contributed by atoms with Crippen molar-refractivity contribution >= 4 is 17.9 Å². The van der Waals surface area contributed by atoms with E-state index >= 15 is 0 Å². The van der Waals surface area contributed by atoms with Crippen molar-refractivity contribution in [1.29, 1.82) is 0 Å². The summed E-state index contributed by atoms with van der Waals surface area (Å²) in [7, 11) is 0. The van der Waals surface area contributed by atoms with Gasteiger partial charge in [-0.1, -0.05) is 6.08 Å². The Morgan fingerprint density at radius 3 is 3.00 bits per heavy atom. The molecule has 1 aliphatic rings. The molecule has 1 unspecified atom stereocenters. The van der Waals surface area contributed by atoms with E-state index in [0.717, 1.165) is 6.29 Å². The maximum atomic E-state index is 11.7. The molecule has 0 N–H and O–H groups in total. The van der Waals surface area contributed by atoms with Crippen LogP contribution in [0.5, 0.6) is 0 Å². The molecule has 1 aromatic heterocycles. The van der Waals surface area contributed by atoms with Crippen LogP contribution in [0, 0.1) is 5.92 Å². The van der Waals surface area contributed by atoms with Crippen LogP contribution in [0.25, 0.3) is 0 Å². The van der Waals surface area contributed by atoms with Gasteiger partial charge in [0.2, 0.25) is 5.91 Å². The molecular weight excluding hydrogens is 204 g/mol. The molecule has 0 aromatic carbocycles. The molecule has 4 nitrogen and oxygen atoms in total. The number of amides is 1. The minimum absolute atomic E-state index is 0.0148. The number of pyridine rings is 1. The SMILES string of the molecule is C=CC1CC(=O)N(c2cnccc2C=O)C1. The van der Waals surface area contributed by atoms with Gasteiger partial charge in [-0.3, -0.25) is 14.6 Å². The molecule has 1 atom stereocenters. The standard InChI is InChI=1S/C12H12N2O2/c1-2-9-5-12(16)14(7-9)11-6-13-4-3-10(11)8-15/h2-4,6,8-9H,1,5,7H2. The number of hydrogen-bond acceptors (Lipinski definition) is 3. The van der Waals surface area contributed by atoms with E-state index in [1.54, 1.807) is 29.4 Å². The molecule has 1 saturated heterocycles. The number of carbonyl (C=O) groups is 2. The highest BCUT2D eigenvalue weighted by Gasteiger charge is 2.29. The Kier molecular flexibility index (Phi) is 2.81. The topological polar surface area (TPSA) is 50.3 Å². The van der Waals surface area contributed by atoms with Crippen molar-refractivity contribution in [2.75, 3.05) is 11.4 Å². The van der Waals surface area contributed by atoms with Crippen LogP contribution in [0.3, 0.4) is 0 Å². The molecule has 1 aliphatic heterocycles. The molecule has 4 heteroatoms. The largest absolute Gasteiger partial charge is 0.310 e. The van der Waals surface area contributed by atoms with Crippen molar-refractivity contribution < 1.29 is 9.59 Å². The van der Waals surface area contributed by atoms with Crippen molar-refractivity contribution in [3.05, 3.63) is 36.7 Å². The third-order valence-electron chi connectivity index (χ3n) is 2.74. The second kappa shape index (κ2) is 4.26. The summed E-state index contributed by atoms with van der Waals surface area (Å²) < 4.78 is 0. The average Bonchev–Trinajstić information content (AvgIpc) is 2.70. The van der Waals surface area contributed by atoms with E-state index in [1.165, 1.54) is 0 Å². The van der Waals surface area contributed by atoms with Crippen molar-refractivity contribution in [3.63, 3.8) is 0 Å². The molecule has 82 valence electrons. The fourth-order valence-corrected chi connectivity index (χ4v) is 1.85. The summed E-state index contributed by atoms with van der Waals surface area (Å²) in [5.41, 5.74) is 1.08. The second-order valence-electron chi connectivity index (χ2n) is 3.76. The Bertz CT molecular complexity index is 442. The highest BCUT2D eigenvalue weighted by atomic mass is 16.2. The molecule has 16 heavy (non-hydrogen) atoms. The first kappa shape index (κ1) is 10.5. The fraction of sp³-hybridized carbons (Fsp3) is 0.250. The molecule has 0 spiro atoms. The highest BCUT2D eigenvalue weighted by molar-refractivity contribution is 6.00. The lowest BCUT2D eigenvalue weighted by atomic mass is 10.1. The van der Waals surface area contributed by atoms with Gasteiger partial charge in [-0.25, -0.2) is 0 Å². The number of aldehydes is 1. The van der Waals surface area contributed by atoms with Crippen LogP contribution in [0.2, 0.25) is 0 Å². The summed E-state index contributed by atoms with van der Waals surface area (Å²) >= 11 is 0. The lowest BCUT2D eigenvalue weighted by molar-refractivity contribution is -0.117. The number of aromatic nitrogens is 1. The number of nitrogens with zero attached hydrogens (tertiary/aromatic N) is 2. The van der Waals surface area contributed by atoms with Gasteiger partial charge < -0.3 is 4.90 Å². The van der Waals surface area contributed by atoms with Crippen molar-refractivity contribution in [3.8, 4) is 0 Å². The number of carbonyl (C=O) groups excluding carboxylic acids is 2. The van der Waals surface area contributed by atoms with E-state index < -0.39 is 0 Å². The molecule has 0 aliphatic carbocycles. The normalized spacial score (nSPS) is 19.9. The minimum Gasteiger partial charge on any atom is -0.310 e. The molecular formula is C12H12N2O2. The Balaban J connectivity index is 2.34. The highest BCUT2D eigenvalue weighted by Crippen LogP contribution is 2.26. The predicted molar refractivity (Wildman–Crippen MR) is 60.3 cm³/mol. The van der Waals surface area contributed by atoms with Crippen LogP contribution >= 0.6 is 0 Å². The first-order valence-corrected chi connectivity index (χ1v) is 5.08. The van der Waals surface area contributed by atoms with Crippen LogP contribution in [0.1, 0.15) is 16.8 Å². The van der Waals surface area contributed by atoms with E-state index in [0.29, 0.717) is 24.2 Å². The van der Waals surface area contributed by atoms with E-state index in [9.17, 15) is 9.59 Å². The summed E-state index contributed by atoms with van der Waals surface area (Å²) in [6.45, 7) is 4.26. The zero-order chi connectivity index (χ0) is 11.5. The summed E-state index contributed by atoms with van der Waals surface area (Å²) in [5.74, 6) is 0.174. The van der Waals surface area contributed by atoms with E-state index in [4.69, 9.17) is 0 Å². The Morgan fingerprint density at radius 2 is 2.38 bits per heavy atom. The summed E-state index contributed by atoms with van der Waals surface area (Å²) in [6, 6.07) is 1.61. The van der Waals surface area contributed by atoms with Crippen molar-refractivity contribution in [1.82, 2.24) is 4.98 Å². The maximum absolute atomic E-state index is 11.7. The molecule has 2 heterocycles. The average molecular weight is 216 g/mol. The predicted octanol–water partition coefficient (Wildman–Crippen LogP) is 1.43. The third kappa shape index (κ3) is 1.74. The minimum atomic E-state index is 0.0148. The van der Waals surface area contributed by atoms with Crippen LogP contribution in [-0.4, -0.2) is 23.7 Å². The zero-order valence-corrected chi connectivity index (χ0v) is 8.80. The monoisotopic (exact) mass is 216 g/mol. The van der Waals surface area contributed by atoms with Gasteiger partial charge in [-0.15, -0.1) is 6.58 Å². The van der Waals surface area contributed by atoms with Gasteiger partial charge >= 0.3 is 0 Å². The molecule has 0 saturated carbocycles. The van der Waals surface area contributed by atoms with Gasteiger partial charge in [0, 0.05) is 30.6 Å². The quantitative estimate of drug-likeness (QED) is 0.567. The summed E-state index contributed by atoms with van der Waals surface area (Å²) in [4.78, 5) is 28.1. The van der Waals surface area contributed by atoms with Crippen LogP contribution in [0.15, 0.2) is 31.1 Å². The lowest BCUT2D eigenvalue weighted by Crippen LogP contribution is -2.25. The van der Waals surface area contributed by atoms with Gasteiger partial charge in [0.25, 0.3) is 0 Å². The van der Waals surface area contributed by atoms with Crippen molar-refractivity contribution in [2.24, 2.45) is 5.92 Å². The Hall–Kier alpha value is -1.97. The van der Waals surface area contributed by atoms with Gasteiger partial charge in [0.1, 0.15) is 0 Å². The fourth-order valence-electron chi connectivity index (χ4n) is 1.85. The van der Waals surface area contributed by atoms with Crippen LogP contribution in [-0.2, 0) is 4.79 Å². The van der Waals surface area contributed by atoms with E-state index in [-0.39, 0.29) is 11.8 Å². The second-order valence-corrected chi connectivity index (χ2v) is 3.76. The molecule has 0 bridgehead atoms. The molecule has 1 amide bonds. The van der Waals surface area contributed by atoms with Crippen LogP contribution < -0.4 is 4.90 Å². The molecule has 0 radical (unpaired) electrons. The Labute approximate surface area is 93.6 Å². The summed E-state index contributed by atoms with van der Waals surface area (Å²) in [5, 5.41) is 0. The number of anilines is 1. The maximum Gasteiger partial charge on any atom is 0.227 e. The summed E-state index contributed by atoms with van der Waals surface area (Å²) in [6.07, 6.45) is 6.06. The first-order valence-electron chi connectivity index (χ1n) is 5.08. The lowest BCUT2D eigenvalue weighted by Gasteiger charge is -2.17. The smallest absolute Gasteiger partial charge is 0.227 e. The molecule has 1 fully saturated rings. The number of rotatable bonds is 3. The van der Waals surface area contributed by atoms with Gasteiger partial charge in [-0.05, 0) is 6.07 Å². The zero-order valence-electron chi connectivity index (χ0n) is 8.80. The van der Waals surface area contributed by atoms with Gasteiger partial charge in [-0.2, -0.15) is 0 Å². The number of hydrogen-bond donors (Lipinski definition) is 0. The Morgan fingerprint density at radius 1 is 1.56 bits per heavy atom. The molecule has 2 rings (SSSR count). The van der Waals surface area contributed by atoms with E-state index in [1.807, 2.05) is 0 Å². The molecule has 1 aromatic rings. The van der Waals surface area contributed by atoms with E-state index in [2.05, 4.69) is 11.6 Å². The first-order chi connectivity index (χ1) is 7.76. The van der Waals surface area contributed by atoms with Gasteiger partial charge in [0.05, 0.1) is 11.9 Å². The third-order valence-corrected chi connectivity index (χ3v) is 2.74. The van der Waals surface area contributed by atoms with Crippen LogP contribution in [0.4, 0.5) is 5.69 Å². The van der Waals surface area contributed by atoms with Gasteiger partial charge in [0.15, 0.2) is 6.29 Å². The van der Waals surface area contributed by atoms with Crippen molar-refractivity contribution in [2.45, 2.75) is 6.42 Å².